The number of benzene rings is 1. The zero-order valence-corrected chi connectivity index (χ0v) is 11.2. The molecule has 2 nitrogen and oxygen atoms in total. The van der Waals surface area contributed by atoms with Gasteiger partial charge in [0.05, 0.1) is 0 Å². The van der Waals surface area contributed by atoms with E-state index in [1.165, 1.54) is 63.8 Å². The van der Waals surface area contributed by atoms with Crippen molar-refractivity contribution in [1.29, 1.82) is 0 Å². The highest BCUT2D eigenvalue weighted by atomic mass is 15.1. The molecule has 18 heavy (non-hydrogen) atoms. The van der Waals surface area contributed by atoms with Crippen LogP contribution in [-0.4, -0.2) is 25.7 Å². The minimum atomic E-state index is 0.757. The zero-order chi connectivity index (χ0) is 12.2. The van der Waals surface area contributed by atoms with Crippen molar-refractivity contribution < 1.29 is 0 Å². The Kier molecular flexibility index (Phi) is 3.84. The average Bonchev–Trinajstić information content (AvgIpc) is 2.46. The summed E-state index contributed by atoms with van der Waals surface area (Å²) in [6.07, 6.45) is 8.02. The van der Waals surface area contributed by atoms with Gasteiger partial charge < -0.3 is 10.2 Å². The van der Waals surface area contributed by atoms with Gasteiger partial charge in [-0.3, -0.25) is 0 Å². The number of para-hydroxylation sites is 1. The van der Waals surface area contributed by atoms with E-state index in [0.717, 1.165) is 6.04 Å². The predicted octanol–water partition coefficient (Wildman–Crippen LogP) is 2.97. The van der Waals surface area contributed by atoms with E-state index < -0.39 is 0 Å². The van der Waals surface area contributed by atoms with Gasteiger partial charge in [-0.2, -0.15) is 0 Å². The molecule has 1 unspecified atom stereocenters. The summed E-state index contributed by atoms with van der Waals surface area (Å²) < 4.78 is 0. The van der Waals surface area contributed by atoms with Crippen LogP contribution >= 0.6 is 0 Å². The molecule has 0 aromatic heterocycles. The molecule has 2 aliphatic heterocycles. The molecule has 1 fully saturated rings. The van der Waals surface area contributed by atoms with Crippen molar-refractivity contribution in [2.75, 3.05) is 24.5 Å². The molecule has 1 atom stereocenters. The monoisotopic (exact) mass is 244 g/mol. The van der Waals surface area contributed by atoms with Crippen LogP contribution in [-0.2, 0) is 6.42 Å². The van der Waals surface area contributed by atoms with Crippen molar-refractivity contribution in [3.05, 3.63) is 29.8 Å². The van der Waals surface area contributed by atoms with Gasteiger partial charge in [0.2, 0.25) is 0 Å². The first-order valence-electron chi connectivity index (χ1n) is 7.50. The van der Waals surface area contributed by atoms with E-state index in [9.17, 15) is 0 Å². The zero-order valence-electron chi connectivity index (χ0n) is 11.2. The average molecular weight is 244 g/mol. The van der Waals surface area contributed by atoms with Crippen LogP contribution in [0.1, 0.15) is 37.7 Å². The number of nitrogens with one attached hydrogen (secondary N) is 1. The lowest BCUT2D eigenvalue weighted by Crippen LogP contribution is -2.38. The van der Waals surface area contributed by atoms with Gasteiger partial charge in [0.25, 0.3) is 0 Å². The van der Waals surface area contributed by atoms with E-state index in [4.69, 9.17) is 0 Å². The number of fused-ring (bicyclic) bond motifs is 1. The molecule has 98 valence electrons. The maximum atomic E-state index is 3.66. The number of rotatable bonds is 3. The van der Waals surface area contributed by atoms with Gasteiger partial charge in [-0.1, -0.05) is 24.6 Å². The molecule has 1 N–H and O–H groups in total. The summed E-state index contributed by atoms with van der Waals surface area (Å²) in [5.74, 6) is 0. The van der Waals surface area contributed by atoms with E-state index in [1.807, 2.05) is 0 Å². The maximum absolute atomic E-state index is 3.66. The lowest BCUT2D eigenvalue weighted by atomic mass is 9.99. The summed E-state index contributed by atoms with van der Waals surface area (Å²) >= 11 is 0. The fraction of sp³-hybridized carbons (Fsp3) is 0.625. The number of anilines is 1. The first-order valence-corrected chi connectivity index (χ1v) is 7.50. The van der Waals surface area contributed by atoms with Gasteiger partial charge >= 0.3 is 0 Å². The molecule has 2 heterocycles. The molecule has 3 rings (SSSR count). The molecule has 1 aromatic rings. The quantitative estimate of drug-likeness (QED) is 0.879. The molecule has 2 heteroatoms. The number of hydrogen-bond donors (Lipinski definition) is 1. The maximum Gasteiger partial charge on any atom is 0.0398 e. The molecular formula is C16H24N2. The van der Waals surface area contributed by atoms with Gasteiger partial charge in [-0.15, -0.1) is 0 Å². The van der Waals surface area contributed by atoms with Gasteiger partial charge in [0, 0.05) is 24.8 Å². The van der Waals surface area contributed by atoms with Crippen LogP contribution in [0.4, 0.5) is 5.69 Å². The van der Waals surface area contributed by atoms with Crippen LogP contribution in [0.25, 0.3) is 0 Å². The Bertz CT molecular complexity index is 382. The Balaban J connectivity index is 1.60. The van der Waals surface area contributed by atoms with E-state index in [1.54, 1.807) is 5.56 Å². The van der Waals surface area contributed by atoms with Crippen LogP contribution in [0.15, 0.2) is 24.3 Å². The Morgan fingerprint density at radius 1 is 1.17 bits per heavy atom. The number of hydrogen-bond acceptors (Lipinski definition) is 2. The van der Waals surface area contributed by atoms with Crippen molar-refractivity contribution in [1.82, 2.24) is 5.32 Å². The highest BCUT2D eigenvalue weighted by Crippen LogP contribution is 2.27. The highest BCUT2D eigenvalue weighted by Gasteiger charge is 2.18. The standard InChI is InChI=1S/C16H24N2/c1-2-9-16-14(6-1)7-5-12-18(16)13-10-15-8-3-4-11-17-15/h1-2,6,9,15,17H,3-5,7-8,10-13H2. The van der Waals surface area contributed by atoms with Crippen molar-refractivity contribution in [3.63, 3.8) is 0 Å². The van der Waals surface area contributed by atoms with Gasteiger partial charge in [0.1, 0.15) is 0 Å². The first kappa shape index (κ1) is 12.0. The first-order chi connectivity index (χ1) is 8.93. The second-order valence-corrected chi connectivity index (χ2v) is 5.65. The Hall–Kier alpha value is -1.02. The van der Waals surface area contributed by atoms with Crippen molar-refractivity contribution in [2.24, 2.45) is 0 Å². The molecule has 1 aromatic carbocycles. The molecule has 0 saturated carbocycles. The normalized spacial score (nSPS) is 23.8. The van der Waals surface area contributed by atoms with Crippen LogP contribution in [0.5, 0.6) is 0 Å². The minimum Gasteiger partial charge on any atom is -0.371 e. The van der Waals surface area contributed by atoms with Crippen molar-refractivity contribution in [2.45, 2.75) is 44.6 Å². The van der Waals surface area contributed by atoms with Gasteiger partial charge in [-0.05, 0) is 50.3 Å². The van der Waals surface area contributed by atoms with Crippen LogP contribution in [0.3, 0.4) is 0 Å². The number of nitrogens with zero attached hydrogens (tertiary/aromatic N) is 1. The third-order valence-corrected chi connectivity index (χ3v) is 4.37. The van der Waals surface area contributed by atoms with Crippen LogP contribution in [0, 0.1) is 0 Å². The molecule has 0 radical (unpaired) electrons. The molecule has 1 saturated heterocycles. The number of aryl methyl sites for hydroxylation is 1. The molecular weight excluding hydrogens is 220 g/mol. The topological polar surface area (TPSA) is 15.3 Å². The lowest BCUT2D eigenvalue weighted by Gasteiger charge is -2.33. The summed E-state index contributed by atoms with van der Waals surface area (Å²) in [4.78, 5) is 2.59. The second kappa shape index (κ2) is 5.75. The van der Waals surface area contributed by atoms with Crippen LogP contribution in [0.2, 0.25) is 0 Å². The smallest absolute Gasteiger partial charge is 0.0398 e. The summed E-state index contributed by atoms with van der Waals surface area (Å²) in [5, 5.41) is 3.66. The Labute approximate surface area is 110 Å². The Morgan fingerprint density at radius 3 is 3.00 bits per heavy atom. The van der Waals surface area contributed by atoms with Gasteiger partial charge in [-0.25, -0.2) is 0 Å². The highest BCUT2D eigenvalue weighted by molar-refractivity contribution is 5.55. The van der Waals surface area contributed by atoms with E-state index >= 15 is 0 Å². The SMILES string of the molecule is c1ccc2c(c1)CCCN2CCC1CCCCN1. The third-order valence-electron chi connectivity index (χ3n) is 4.37. The van der Waals surface area contributed by atoms with Crippen LogP contribution < -0.4 is 10.2 Å². The van der Waals surface area contributed by atoms with E-state index in [2.05, 4.69) is 34.5 Å². The van der Waals surface area contributed by atoms with E-state index in [0.29, 0.717) is 0 Å². The predicted molar refractivity (Wildman–Crippen MR) is 77.2 cm³/mol. The summed E-state index contributed by atoms with van der Waals surface area (Å²) in [6, 6.07) is 9.69. The fourth-order valence-corrected chi connectivity index (χ4v) is 3.33. The number of piperidine rings is 1. The molecule has 0 bridgehead atoms. The Morgan fingerprint density at radius 2 is 2.11 bits per heavy atom. The van der Waals surface area contributed by atoms with Crippen molar-refractivity contribution in [3.8, 4) is 0 Å². The van der Waals surface area contributed by atoms with Crippen molar-refractivity contribution >= 4 is 5.69 Å². The largest absolute Gasteiger partial charge is 0.371 e. The second-order valence-electron chi connectivity index (χ2n) is 5.65. The molecule has 2 aliphatic rings. The summed E-state index contributed by atoms with van der Waals surface area (Å²) in [6.45, 7) is 3.68. The summed E-state index contributed by atoms with van der Waals surface area (Å²) in [5.41, 5.74) is 3.03. The third kappa shape index (κ3) is 2.69. The fourth-order valence-electron chi connectivity index (χ4n) is 3.33. The minimum absolute atomic E-state index is 0.757. The van der Waals surface area contributed by atoms with E-state index in [-0.39, 0.29) is 0 Å². The van der Waals surface area contributed by atoms with Gasteiger partial charge in [0.15, 0.2) is 0 Å². The summed E-state index contributed by atoms with van der Waals surface area (Å²) in [7, 11) is 0. The molecule has 0 aliphatic carbocycles. The molecule has 0 amide bonds. The molecule has 0 spiro atoms. The lowest BCUT2D eigenvalue weighted by molar-refractivity contribution is 0.382.